The van der Waals surface area contributed by atoms with Crippen LogP contribution in [0.4, 0.5) is 0 Å². The number of fused-ring (bicyclic) bond motifs is 1. The van der Waals surface area contributed by atoms with Crippen LogP contribution in [-0.4, -0.2) is 29.6 Å². The highest BCUT2D eigenvalue weighted by Gasteiger charge is 2.08. The van der Waals surface area contributed by atoms with E-state index in [4.69, 9.17) is 4.98 Å². The van der Waals surface area contributed by atoms with Crippen molar-refractivity contribution in [1.82, 2.24) is 10.3 Å². The average molecular weight is 260 g/mol. The number of likely N-dealkylation sites (N-methyl/N-ethyl adjacent to an activating group) is 1. The summed E-state index contributed by atoms with van der Waals surface area (Å²) < 4.78 is 0. The van der Waals surface area contributed by atoms with Gasteiger partial charge in [-0.2, -0.15) is 11.8 Å². The molecule has 0 amide bonds. The molecular formula is C15H20N2S. The molecule has 2 rings (SSSR count). The van der Waals surface area contributed by atoms with Crippen molar-refractivity contribution in [2.24, 2.45) is 0 Å². The molecule has 1 heterocycles. The maximum Gasteiger partial charge on any atom is 0.0705 e. The van der Waals surface area contributed by atoms with E-state index >= 15 is 0 Å². The highest BCUT2D eigenvalue weighted by Crippen LogP contribution is 2.14. The summed E-state index contributed by atoms with van der Waals surface area (Å²) in [5.74, 6) is 2.31. The van der Waals surface area contributed by atoms with E-state index in [0.29, 0.717) is 6.04 Å². The summed E-state index contributed by atoms with van der Waals surface area (Å²) in [4.78, 5) is 4.72. The third-order valence-corrected chi connectivity index (χ3v) is 4.09. The third-order valence-electron chi connectivity index (χ3n) is 3.04. The number of hydrogen-bond acceptors (Lipinski definition) is 3. The molecule has 0 aliphatic rings. The van der Waals surface area contributed by atoms with Gasteiger partial charge < -0.3 is 5.32 Å². The Morgan fingerprint density at radius 1 is 1.22 bits per heavy atom. The normalized spacial score (nSPS) is 12.8. The lowest BCUT2D eigenvalue weighted by Gasteiger charge is -2.15. The van der Waals surface area contributed by atoms with E-state index in [1.165, 1.54) is 16.8 Å². The Morgan fingerprint density at radius 3 is 2.83 bits per heavy atom. The number of nitrogens with one attached hydrogen (secondary N) is 1. The summed E-state index contributed by atoms with van der Waals surface area (Å²) in [6.45, 7) is 2.20. The van der Waals surface area contributed by atoms with Crippen molar-refractivity contribution < 1.29 is 0 Å². The van der Waals surface area contributed by atoms with E-state index in [2.05, 4.69) is 42.6 Å². The summed E-state index contributed by atoms with van der Waals surface area (Å²) in [7, 11) is 2.03. The highest BCUT2D eigenvalue weighted by atomic mass is 32.2. The number of pyridine rings is 1. The molecule has 3 heteroatoms. The van der Waals surface area contributed by atoms with Crippen LogP contribution in [0.3, 0.4) is 0 Å². The van der Waals surface area contributed by atoms with Crippen molar-refractivity contribution in [2.45, 2.75) is 19.4 Å². The van der Waals surface area contributed by atoms with Gasteiger partial charge in [-0.25, -0.2) is 0 Å². The first-order chi connectivity index (χ1) is 8.83. The Morgan fingerprint density at radius 2 is 2.06 bits per heavy atom. The Kier molecular flexibility index (Phi) is 5.02. The van der Waals surface area contributed by atoms with Crippen molar-refractivity contribution in [3.05, 3.63) is 42.1 Å². The van der Waals surface area contributed by atoms with E-state index in [1.54, 1.807) is 0 Å². The second-order valence-corrected chi connectivity index (χ2v) is 5.66. The van der Waals surface area contributed by atoms with E-state index in [-0.39, 0.29) is 0 Å². The van der Waals surface area contributed by atoms with Crippen molar-refractivity contribution in [2.75, 3.05) is 18.6 Å². The van der Waals surface area contributed by atoms with Crippen molar-refractivity contribution >= 4 is 22.7 Å². The molecule has 0 fully saturated rings. The Labute approximate surface area is 113 Å². The molecule has 0 bridgehead atoms. The molecule has 0 aliphatic carbocycles. The molecule has 0 radical (unpaired) electrons. The number of para-hydroxylation sites is 1. The lowest BCUT2D eigenvalue weighted by atomic mass is 10.1. The maximum absolute atomic E-state index is 4.72. The molecule has 1 atom stereocenters. The molecule has 0 saturated heterocycles. The molecular weight excluding hydrogens is 240 g/mol. The smallest absolute Gasteiger partial charge is 0.0705 e. The Bertz CT molecular complexity index is 499. The molecule has 18 heavy (non-hydrogen) atoms. The summed E-state index contributed by atoms with van der Waals surface area (Å²) in [5.41, 5.74) is 2.26. The van der Waals surface area contributed by atoms with Gasteiger partial charge in [0.25, 0.3) is 0 Å². The van der Waals surface area contributed by atoms with Gasteiger partial charge in [-0.15, -0.1) is 0 Å². The molecule has 96 valence electrons. The number of thioether (sulfide) groups is 1. The minimum Gasteiger partial charge on any atom is -0.316 e. The zero-order valence-corrected chi connectivity index (χ0v) is 11.8. The molecule has 0 aliphatic heterocycles. The zero-order chi connectivity index (χ0) is 12.8. The molecule has 0 spiro atoms. The van der Waals surface area contributed by atoms with Gasteiger partial charge in [0.2, 0.25) is 0 Å². The Balaban J connectivity index is 2.10. The van der Waals surface area contributed by atoms with Crippen LogP contribution in [0, 0.1) is 0 Å². The zero-order valence-electron chi connectivity index (χ0n) is 11.0. The number of rotatable bonds is 6. The van der Waals surface area contributed by atoms with Crippen LogP contribution in [0.25, 0.3) is 10.9 Å². The SMILES string of the molecule is CCSCC(Cc1ccc2ccccc2n1)NC. The minimum atomic E-state index is 0.503. The molecule has 2 nitrogen and oxygen atoms in total. The number of hydrogen-bond donors (Lipinski definition) is 1. The molecule has 1 aromatic heterocycles. The monoisotopic (exact) mass is 260 g/mol. The number of aromatic nitrogens is 1. The molecule has 0 saturated carbocycles. The van der Waals surface area contributed by atoms with Gasteiger partial charge in [0.15, 0.2) is 0 Å². The maximum atomic E-state index is 4.72. The van der Waals surface area contributed by atoms with Crippen LogP contribution in [-0.2, 0) is 6.42 Å². The van der Waals surface area contributed by atoms with E-state index in [0.717, 1.165) is 17.7 Å². The van der Waals surface area contributed by atoms with Crippen LogP contribution >= 0.6 is 11.8 Å². The first-order valence-electron chi connectivity index (χ1n) is 6.43. The van der Waals surface area contributed by atoms with Crippen LogP contribution < -0.4 is 5.32 Å². The molecule has 1 N–H and O–H groups in total. The Hall–Kier alpha value is -1.06. The first-order valence-corrected chi connectivity index (χ1v) is 7.58. The summed E-state index contributed by atoms with van der Waals surface area (Å²) in [6.07, 6.45) is 0.994. The molecule has 2 aromatic rings. The minimum absolute atomic E-state index is 0.503. The van der Waals surface area contributed by atoms with E-state index < -0.39 is 0 Å². The van der Waals surface area contributed by atoms with Gasteiger partial charge in [0.1, 0.15) is 0 Å². The van der Waals surface area contributed by atoms with Gasteiger partial charge in [-0.1, -0.05) is 31.2 Å². The van der Waals surface area contributed by atoms with E-state index in [1.807, 2.05) is 24.9 Å². The third kappa shape index (κ3) is 3.47. The highest BCUT2D eigenvalue weighted by molar-refractivity contribution is 7.99. The quantitative estimate of drug-likeness (QED) is 0.864. The predicted octanol–water partition coefficient (Wildman–Crippen LogP) is 3.12. The van der Waals surface area contributed by atoms with Crippen molar-refractivity contribution in [3.63, 3.8) is 0 Å². The van der Waals surface area contributed by atoms with Crippen molar-refractivity contribution in [1.29, 1.82) is 0 Å². The fourth-order valence-corrected chi connectivity index (χ4v) is 2.78. The fourth-order valence-electron chi connectivity index (χ4n) is 1.98. The average Bonchev–Trinajstić information content (AvgIpc) is 2.43. The topological polar surface area (TPSA) is 24.9 Å². The lowest BCUT2D eigenvalue weighted by molar-refractivity contribution is 0.610. The van der Waals surface area contributed by atoms with Gasteiger partial charge >= 0.3 is 0 Å². The van der Waals surface area contributed by atoms with Crippen LogP contribution in [0.5, 0.6) is 0 Å². The van der Waals surface area contributed by atoms with Crippen LogP contribution in [0.1, 0.15) is 12.6 Å². The molecule has 1 aromatic carbocycles. The predicted molar refractivity (Wildman–Crippen MR) is 81.3 cm³/mol. The molecule has 1 unspecified atom stereocenters. The number of nitrogens with zero attached hydrogens (tertiary/aromatic N) is 1. The van der Waals surface area contributed by atoms with Gasteiger partial charge in [-0.3, -0.25) is 4.98 Å². The second-order valence-electron chi connectivity index (χ2n) is 4.34. The van der Waals surface area contributed by atoms with Crippen LogP contribution in [0.15, 0.2) is 36.4 Å². The van der Waals surface area contributed by atoms with E-state index in [9.17, 15) is 0 Å². The standard InChI is InChI=1S/C15H20N2S/c1-3-18-11-14(16-2)10-13-9-8-12-6-4-5-7-15(12)17-13/h4-9,14,16H,3,10-11H2,1-2H3. The summed E-state index contributed by atoms with van der Waals surface area (Å²) in [5, 5.41) is 4.59. The van der Waals surface area contributed by atoms with Gasteiger partial charge in [0.05, 0.1) is 5.52 Å². The second kappa shape index (κ2) is 6.76. The first kappa shape index (κ1) is 13.4. The van der Waals surface area contributed by atoms with Crippen molar-refractivity contribution in [3.8, 4) is 0 Å². The fraction of sp³-hybridized carbons (Fsp3) is 0.400. The number of benzene rings is 1. The van der Waals surface area contributed by atoms with Crippen LogP contribution in [0.2, 0.25) is 0 Å². The van der Waals surface area contributed by atoms with Gasteiger partial charge in [-0.05, 0) is 24.9 Å². The largest absolute Gasteiger partial charge is 0.316 e. The summed E-state index contributed by atoms with van der Waals surface area (Å²) >= 11 is 1.97. The lowest BCUT2D eigenvalue weighted by Crippen LogP contribution is -2.30. The van der Waals surface area contributed by atoms with Gasteiger partial charge in [0, 0.05) is 29.3 Å². The summed E-state index contributed by atoms with van der Waals surface area (Å²) in [6, 6.07) is 13.1.